The van der Waals surface area contributed by atoms with E-state index in [-0.39, 0.29) is 17.8 Å². The number of halogens is 3. The van der Waals surface area contributed by atoms with Gasteiger partial charge < -0.3 is 10.4 Å². The first kappa shape index (κ1) is 14.3. The molecule has 98 valence electrons. The number of aliphatic hydroxyl groups is 1. The van der Waals surface area contributed by atoms with Crippen molar-refractivity contribution in [3.63, 3.8) is 0 Å². The second-order valence-electron chi connectivity index (χ2n) is 4.54. The van der Waals surface area contributed by atoms with Gasteiger partial charge in [-0.25, -0.2) is 0 Å². The molecular formula is C12H13F3N2O. The summed E-state index contributed by atoms with van der Waals surface area (Å²) in [7, 11) is 0. The summed E-state index contributed by atoms with van der Waals surface area (Å²) >= 11 is 0. The van der Waals surface area contributed by atoms with Crippen molar-refractivity contribution in [2.24, 2.45) is 0 Å². The first-order chi connectivity index (χ1) is 8.13. The van der Waals surface area contributed by atoms with Crippen LogP contribution >= 0.6 is 0 Å². The van der Waals surface area contributed by atoms with Gasteiger partial charge in [-0.3, -0.25) is 0 Å². The molecule has 0 aliphatic heterocycles. The Balaban J connectivity index is 2.99. The molecule has 18 heavy (non-hydrogen) atoms. The normalized spacial score (nSPS) is 12.1. The fraction of sp³-hybridized carbons (Fsp3) is 0.417. The van der Waals surface area contributed by atoms with E-state index in [0.29, 0.717) is 0 Å². The highest BCUT2D eigenvalue weighted by molar-refractivity contribution is 5.59. The number of anilines is 1. The first-order valence-corrected chi connectivity index (χ1v) is 5.21. The van der Waals surface area contributed by atoms with Crippen LogP contribution in [0.2, 0.25) is 0 Å². The third-order valence-corrected chi connectivity index (χ3v) is 2.18. The Kier molecular flexibility index (Phi) is 3.87. The third-order valence-electron chi connectivity index (χ3n) is 2.18. The predicted octanol–water partition coefficient (Wildman–Crippen LogP) is 2.76. The molecule has 0 saturated carbocycles. The lowest BCUT2D eigenvalue weighted by Crippen LogP contribution is -2.29. The maximum Gasteiger partial charge on any atom is 0.416 e. The number of alkyl halides is 3. The number of hydrogen-bond donors (Lipinski definition) is 2. The van der Waals surface area contributed by atoms with Crippen LogP contribution in [0.3, 0.4) is 0 Å². The Labute approximate surface area is 103 Å². The van der Waals surface area contributed by atoms with E-state index in [1.54, 1.807) is 19.9 Å². The smallest absolute Gasteiger partial charge is 0.389 e. The van der Waals surface area contributed by atoms with Crippen LogP contribution in [0.1, 0.15) is 25.0 Å². The number of nitriles is 1. The minimum atomic E-state index is -4.47. The fourth-order valence-electron chi connectivity index (χ4n) is 1.28. The Morgan fingerprint density at radius 3 is 2.39 bits per heavy atom. The number of nitrogens with zero attached hydrogens (tertiary/aromatic N) is 1. The summed E-state index contributed by atoms with van der Waals surface area (Å²) in [4.78, 5) is 0. The molecule has 0 aliphatic rings. The lowest BCUT2D eigenvalue weighted by molar-refractivity contribution is -0.137. The minimum absolute atomic E-state index is 0.103. The van der Waals surface area contributed by atoms with Crippen LogP contribution in [0.4, 0.5) is 18.9 Å². The van der Waals surface area contributed by atoms with E-state index in [0.717, 1.165) is 12.1 Å². The highest BCUT2D eigenvalue weighted by Gasteiger charge is 2.31. The van der Waals surface area contributed by atoms with Gasteiger partial charge in [0.25, 0.3) is 0 Å². The standard InChI is InChI=1S/C12H13F3N2O/c1-11(2,18)7-17-10-4-3-9(12(13,14)15)5-8(10)6-16/h3-5,17-18H,7H2,1-2H3. The van der Waals surface area contributed by atoms with Crippen LogP contribution in [0.5, 0.6) is 0 Å². The lowest BCUT2D eigenvalue weighted by Gasteiger charge is -2.19. The Morgan fingerprint density at radius 2 is 1.94 bits per heavy atom. The molecule has 0 saturated heterocycles. The topological polar surface area (TPSA) is 56.0 Å². The van der Waals surface area contributed by atoms with Crippen molar-refractivity contribution >= 4 is 5.69 Å². The van der Waals surface area contributed by atoms with Gasteiger partial charge >= 0.3 is 6.18 Å². The molecular weight excluding hydrogens is 245 g/mol. The van der Waals surface area contributed by atoms with Crippen molar-refractivity contribution in [3.05, 3.63) is 29.3 Å². The van der Waals surface area contributed by atoms with E-state index in [1.807, 2.05) is 0 Å². The van der Waals surface area contributed by atoms with E-state index >= 15 is 0 Å². The SMILES string of the molecule is CC(C)(O)CNc1ccc(C(F)(F)F)cc1C#N. The summed E-state index contributed by atoms with van der Waals surface area (Å²) in [5, 5.41) is 21.1. The fourth-order valence-corrected chi connectivity index (χ4v) is 1.28. The van der Waals surface area contributed by atoms with Crippen LogP contribution < -0.4 is 5.32 Å². The number of hydrogen-bond acceptors (Lipinski definition) is 3. The van der Waals surface area contributed by atoms with Crippen LogP contribution in [0.25, 0.3) is 0 Å². The molecule has 0 heterocycles. The molecule has 2 N–H and O–H groups in total. The zero-order chi connectivity index (χ0) is 14.0. The van der Waals surface area contributed by atoms with E-state index in [4.69, 9.17) is 5.26 Å². The maximum absolute atomic E-state index is 12.4. The second kappa shape index (κ2) is 4.86. The van der Waals surface area contributed by atoms with Gasteiger partial charge in [-0.1, -0.05) is 0 Å². The summed E-state index contributed by atoms with van der Waals surface area (Å²) in [5.74, 6) is 0. The van der Waals surface area contributed by atoms with Gasteiger partial charge in [0, 0.05) is 6.54 Å². The molecule has 1 aromatic carbocycles. The Morgan fingerprint density at radius 1 is 1.33 bits per heavy atom. The molecule has 0 radical (unpaired) electrons. The third kappa shape index (κ3) is 3.93. The van der Waals surface area contributed by atoms with Gasteiger partial charge in [0.05, 0.1) is 22.4 Å². The van der Waals surface area contributed by atoms with Gasteiger partial charge in [-0.2, -0.15) is 18.4 Å². The highest BCUT2D eigenvalue weighted by Crippen LogP contribution is 2.31. The lowest BCUT2D eigenvalue weighted by atomic mass is 10.1. The van der Waals surface area contributed by atoms with Gasteiger partial charge in [-0.05, 0) is 32.0 Å². The summed E-state index contributed by atoms with van der Waals surface area (Å²) in [6.07, 6.45) is -4.47. The zero-order valence-corrected chi connectivity index (χ0v) is 9.97. The van der Waals surface area contributed by atoms with E-state index in [9.17, 15) is 18.3 Å². The van der Waals surface area contributed by atoms with Gasteiger partial charge in [0.1, 0.15) is 6.07 Å². The average Bonchev–Trinajstić information content (AvgIpc) is 2.23. The molecule has 0 atom stereocenters. The number of nitrogens with one attached hydrogen (secondary N) is 1. The highest BCUT2D eigenvalue weighted by atomic mass is 19.4. The van der Waals surface area contributed by atoms with Gasteiger partial charge in [0.2, 0.25) is 0 Å². The van der Waals surface area contributed by atoms with Crippen molar-refractivity contribution in [1.82, 2.24) is 0 Å². The van der Waals surface area contributed by atoms with Crippen LogP contribution in [0.15, 0.2) is 18.2 Å². The quantitative estimate of drug-likeness (QED) is 0.876. The molecule has 0 bridgehead atoms. The molecule has 1 rings (SSSR count). The van der Waals surface area contributed by atoms with Crippen molar-refractivity contribution < 1.29 is 18.3 Å². The van der Waals surface area contributed by atoms with E-state index in [1.165, 1.54) is 6.07 Å². The molecule has 0 aromatic heterocycles. The van der Waals surface area contributed by atoms with Gasteiger partial charge in [0.15, 0.2) is 0 Å². The Bertz CT molecular complexity index is 470. The van der Waals surface area contributed by atoms with Crippen molar-refractivity contribution in [1.29, 1.82) is 5.26 Å². The monoisotopic (exact) mass is 258 g/mol. The average molecular weight is 258 g/mol. The van der Waals surface area contributed by atoms with Crippen LogP contribution in [0, 0.1) is 11.3 Å². The molecule has 0 fully saturated rings. The first-order valence-electron chi connectivity index (χ1n) is 5.21. The summed E-state index contributed by atoms with van der Waals surface area (Å²) in [6, 6.07) is 4.57. The molecule has 3 nitrogen and oxygen atoms in total. The zero-order valence-electron chi connectivity index (χ0n) is 9.97. The minimum Gasteiger partial charge on any atom is -0.389 e. The van der Waals surface area contributed by atoms with Crippen molar-refractivity contribution in [2.45, 2.75) is 25.6 Å². The second-order valence-corrected chi connectivity index (χ2v) is 4.54. The maximum atomic E-state index is 12.4. The molecule has 6 heteroatoms. The van der Waals surface area contributed by atoms with Crippen LogP contribution in [-0.2, 0) is 6.18 Å². The predicted molar refractivity (Wildman–Crippen MR) is 60.9 cm³/mol. The van der Waals surface area contributed by atoms with E-state index < -0.39 is 17.3 Å². The van der Waals surface area contributed by atoms with E-state index in [2.05, 4.69) is 5.32 Å². The summed E-state index contributed by atoms with van der Waals surface area (Å²) in [6.45, 7) is 3.24. The molecule has 0 aliphatic carbocycles. The summed E-state index contributed by atoms with van der Waals surface area (Å²) < 4.78 is 37.3. The van der Waals surface area contributed by atoms with Crippen LogP contribution in [-0.4, -0.2) is 17.3 Å². The largest absolute Gasteiger partial charge is 0.416 e. The number of benzene rings is 1. The molecule has 0 spiro atoms. The van der Waals surface area contributed by atoms with Gasteiger partial charge in [-0.15, -0.1) is 0 Å². The molecule has 1 aromatic rings. The molecule has 0 amide bonds. The van der Waals surface area contributed by atoms with Crippen molar-refractivity contribution in [3.8, 4) is 6.07 Å². The Hall–Kier alpha value is -1.74. The van der Waals surface area contributed by atoms with Crippen molar-refractivity contribution in [2.75, 3.05) is 11.9 Å². The summed E-state index contributed by atoms with van der Waals surface area (Å²) in [5.41, 5.74) is -1.72. The number of rotatable bonds is 3. The molecule has 0 unspecified atom stereocenters.